The van der Waals surface area contributed by atoms with Gasteiger partial charge in [-0.1, -0.05) is 47.5 Å². The van der Waals surface area contributed by atoms with Gasteiger partial charge < -0.3 is 0 Å². The van der Waals surface area contributed by atoms with Crippen LogP contribution in [-0.2, 0) is 0 Å². The molecule has 0 N–H and O–H groups in total. The molecule has 0 amide bonds. The Hall–Kier alpha value is -2.83. The monoisotopic (exact) mass is 397 g/mol. The molecule has 0 saturated heterocycles. The van der Waals surface area contributed by atoms with E-state index in [9.17, 15) is 15.3 Å². The van der Waals surface area contributed by atoms with Crippen LogP contribution in [-0.4, -0.2) is 4.57 Å². The molecule has 3 aromatic rings. The van der Waals surface area contributed by atoms with Crippen molar-refractivity contribution >= 4 is 46.2 Å². The summed E-state index contributed by atoms with van der Waals surface area (Å²) in [6, 6.07) is 17.5. The summed E-state index contributed by atoms with van der Waals surface area (Å²) in [5.74, 6) is 0. The van der Waals surface area contributed by atoms with E-state index < -0.39 is 0 Å². The Kier molecular flexibility index (Phi) is 5.25. The number of nitriles is 2. The van der Waals surface area contributed by atoms with Crippen molar-refractivity contribution in [1.29, 1.82) is 10.5 Å². The first-order chi connectivity index (χ1) is 12.5. The summed E-state index contributed by atoms with van der Waals surface area (Å²) in [6.07, 6.45) is 1.63. The Morgan fingerprint density at radius 1 is 1.08 bits per heavy atom. The Morgan fingerprint density at radius 3 is 2.38 bits per heavy atom. The molecule has 0 aliphatic rings. The smallest absolute Gasteiger partial charge is 0.267 e. The van der Waals surface area contributed by atoms with E-state index in [0.717, 1.165) is 11.3 Å². The molecule has 3 rings (SSSR count). The average molecular weight is 398 g/mol. The van der Waals surface area contributed by atoms with Crippen LogP contribution < -0.4 is 14.8 Å². The Balaban J connectivity index is 2.40. The molecule has 1 heterocycles. The van der Waals surface area contributed by atoms with Gasteiger partial charge in [0.15, 0.2) is 5.57 Å². The van der Waals surface area contributed by atoms with E-state index in [-0.39, 0.29) is 15.8 Å². The number of thiazole rings is 1. The van der Waals surface area contributed by atoms with E-state index in [2.05, 4.69) is 0 Å². The van der Waals surface area contributed by atoms with Crippen molar-refractivity contribution in [1.82, 2.24) is 4.57 Å². The second-order valence-corrected chi connectivity index (χ2v) is 7.03. The molecular formula is C19H9Cl2N3OS. The molecule has 0 aliphatic carbocycles. The number of benzene rings is 2. The number of nitrogens with zero attached hydrogens (tertiary/aromatic N) is 3. The fraction of sp³-hybridized carbons (Fsp3) is 0. The zero-order valence-electron chi connectivity index (χ0n) is 13.1. The van der Waals surface area contributed by atoms with Gasteiger partial charge in [-0.3, -0.25) is 9.36 Å². The minimum Gasteiger partial charge on any atom is -0.267 e. The lowest BCUT2D eigenvalue weighted by Gasteiger charge is -2.00. The lowest BCUT2D eigenvalue weighted by atomic mass is 10.2. The van der Waals surface area contributed by atoms with Gasteiger partial charge in [-0.2, -0.15) is 10.5 Å². The molecule has 0 radical (unpaired) electrons. The van der Waals surface area contributed by atoms with E-state index in [0.29, 0.717) is 25.8 Å². The van der Waals surface area contributed by atoms with Crippen LogP contribution in [0.15, 0.2) is 53.3 Å². The van der Waals surface area contributed by atoms with Gasteiger partial charge in [0, 0.05) is 10.0 Å². The molecule has 0 saturated carbocycles. The molecule has 4 nitrogen and oxygen atoms in total. The van der Waals surface area contributed by atoms with Crippen molar-refractivity contribution in [2.24, 2.45) is 0 Å². The van der Waals surface area contributed by atoms with Crippen molar-refractivity contribution < 1.29 is 0 Å². The molecule has 0 aliphatic heterocycles. The topological polar surface area (TPSA) is 69.6 Å². The third-order valence-electron chi connectivity index (χ3n) is 3.52. The average Bonchev–Trinajstić information content (AvgIpc) is 2.95. The molecule has 0 atom stereocenters. The fourth-order valence-corrected chi connectivity index (χ4v) is 3.85. The molecule has 7 heteroatoms. The van der Waals surface area contributed by atoms with Gasteiger partial charge in [0.2, 0.25) is 0 Å². The summed E-state index contributed by atoms with van der Waals surface area (Å²) in [6.45, 7) is 0. The first-order valence-corrected chi connectivity index (χ1v) is 8.91. The normalized spacial score (nSPS) is 11.0. The number of aromatic nitrogens is 1. The molecule has 2 aromatic carbocycles. The summed E-state index contributed by atoms with van der Waals surface area (Å²) in [4.78, 5) is 12.9. The number of rotatable bonds is 2. The highest BCUT2D eigenvalue weighted by Crippen LogP contribution is 2.21. The molecule has 26 heavy (non-hydrogen) atoms. The summed E-state index contributed by atoms with van der Waals surface area (Å²) < 4.78 is 2.00. The van der Waals surface area contributed by atoms with Gasteiger partial charge >= 0.3 is 0 Å². The molecule has 0 unspecified atom stereocenters. The zero-order chi connectivity index (χ0) is 18.7. The minimum absolute atomic E-state index is 0.127. The van der Waals surface area contributed by atoms with Gasteiger partial charge in [-0.25, -0.2) is 0 Å². The van der Waals surface area contributed by atoms with Crippen LogP contribution >= 0.6 is 34.5 Å². The summed E-state index contributed by atoms with van der Waals surface area (Å²) in [7, 11) is 0. The van der Waals surface area contributed by atoms with Gasteiger partial charge in [-0.05, 0) is 35.9 Å². The molecule has 126 valence electrons. The highest BCUT2D eigenvalue weighted by Gasteiger charge is 2.11. The van der Waals surface area contributed by atoms with Crippen LogP contribution in [0, 0.1) is 22.7 Å². The number of hydrogen-bond donors (Lipinski definition) is 0. The van der Waals surface area contributed by atoms with Crippen LogP contribution in [0.25, 0.3) is 17.3 Å². The van der Waals surface area contributed by atoms with Gasteiger partial charge in [0.1, 0.15) is 16.8 Å². The largest absolute Gasteiger partial charge is 0.273 e. The first-order valence-electron chi connectivity index (χ1n) is 7.33. The summed E-state index contributed by atoms with van der Waals surface area (Å²) in [5, 5.41) is 19.4. The Labute approximate surface area is 162 Å². The Bertz CT molecular complexity index is 1230. The second-order valence-electron chi connectivity index (χ2n) is 5.16. The van der Waals surface area contributed by atoms with Crippen molar-refractivity contribution in [3.8, 4) is 17.8 Å². The predicted octanol–water partition coefficient (Wildman–Crippen LogP) is 3.23. The second kappa shape index (κ2) is 7.59. The van der Waals surface area contributed by atoms with Crippen LogP contribution in [0.1, 0.15) is 5.56 Å². The molecule has 0 fully saturated rings. The highest BCUT2D eigenvalue weighted by atomic mass is 35.5. The number of para-hydroxylation sites is 1. The van der Waals surface area contributed by atoms with Crippen molar-refractivity contribution in [3.05, 3.63) is 83.7 Å². The molecule has 0 spiro atoms. The van der Waals surface area contributed by atoms with Crippen molar-refractivity contribution in [2.75, 3.05) is 0 Å². The van der Waals surface area contributed by atoms with E-state index in [4.69, 9.17) is 23.2 Å². The third kappa shape index (κ3) is 3.42. The van der Waals surface area contributed by atoms with Gasteiger partial charge in [-0.15, -0.1) is 11.3 Å². The maximum absolute atomic E-state index is 12.9. The van der Waals surface area contributed by atoms with Crippen molar-refractivity contribution in [2.45, 2.75) is 0 Å². The van der Waals surface area contributed by atoms with Crippen LogP contribution in [0.5, 0.6) is 0 Å². The SMILES string of the molecule is N#CC(C#N)=c1s/c(=C\c2ccc(Cl)cc2Cl)c(=O)n1-c1ccccc1. The van der Waals surface area contributed by atoms with Crippen molar-refractivity contribution in [3.63, 3.8) is 0 Å². The zero-order valence-corrected chi connectivity index (χ0v) is 15.4. The van der Waals surface area contributed by atoms with Crippen LogP contribution in [0.4, 0.5) is 0 Å². The summed E-state index contributed by atoms with van der Waals surface area (Å²) in [5.41, 5.74) is 0.744. The van der Waals surface area contributed by atoms with Crippen LogP contribution in [0.3, 0.4) is 0 Å². The fourth-order valence-electron chi connectivity index (χ4n) is 2.34. The highest BCUT2D eigenvalue weighted by molar-refractivity contribution is 7.07. The third-order valence-corrected chi connectivity index (χ3v) is 5.18. The quantitative estimate of drug-likeness (QED) is 0.666. The van der Waals surface area contributed by atoms with Gasteiger partial charge in [0.05, 0.1) is 10.2 Å². The van der Waals surface area contributed by atoms with Crippen LogP contribution in [0.2, 0.25) is 10.0 Å². The standard InChI is InChI=1S/C19H9Cl2N3OS/c20-14-7-6-12(16(21)9-14)8-17-18(25)24(15-4-2-1-3-5-15)19(26-17)13(10-22)11-23/h1-9H/b17-8-. The lowest BCUT2D eigenvalue weighted by molar-refractivity contribution is 0.988. The number of halogens is 2. The van der Waals surface area contributed by atoms with Gasteiger partial charge in [0.25, 0.3) is 5.56 Å². The summed E-state index contributed by atoms with van der Waals surface area (Å²) >= 11 is 13.2. The van der Waals surface area contributed by atoms with E-state index >= 15 is 0 Å². The maximum atomic E-state index is 12.9. The van der Waals surface area contributed by atoms with E-state index in [1.165, 1.54) is 4.57 Å². The molecule has 1 aromatic heterocycles. The first kappa shape index (κ1) is 18.0. The van der Waals surface area contributed by atoms with E-state index in [1.54, 1.807) is 48.5 Å². The van der Waals surface area contributed by atoms with E-state index in [1.807, 2.05) is 18.2 Å². The minimum atomic E-state index is -0.329. The Morgan fingerprint density at radius 2 is 1.77 bits per heavy atom. The molecule has 0 bridgehead atoms. The number of hydrogen-bond acceptors (Lipinski definition) is 4. The predicted molar refractivity (Wildman–Crippen MR) is 104 cm³/mol. The molecular weight excluding hydrogens is 389 g/mol. The lowest BCUT2D eigenvalue weighted by Crippen LogP contribution is -2.30. The maximum Gasteiger partial charge on any atom is 0.273 e.